The van der Waals surface area contributed by atoms with Crippen molar-refractivity contribution in [2.24, 2.45) is 0 Å². The first-order chi connectivity index (χ1) is 14.9. The van der Waals surface area contributed by atoms with Gasteiger partial charge in [-0.1, -0.05) is 30.3 Å². The van der Waals surface area contributed by atoms with Crippen LogP contribution in [0.3, 0.4) is 0 Å². The molecule has 1 fully saturated rings. The molecule has 1 saturated heterocycles. The van der Waals surface area contributed by atoms with Crippen LogP contribution in [-0.4, -0.2) is 69.1 Å². The van der Waals surface area contributed by atoms with E-state index in [-0.39, 0.29) is 29.6 Å². The minimum atomic E-state index is -1.12. The fourth-order valence-electron chi connectivity index (χ4n) is 3.97. The lowest BCUT2D eigenvalue weighted by atomic mass is 10.0. The molecule has 1 aromatic heterocycles. The number of fused-ring (bicyclic) bond motifs is 1. The second-order valence-electron chi connectivity index (χ2n) is 7.53. The van der Waals surface area contributed by atoms with Crippen molar-refractivity contribution >= 4 is 34.5 Å². The maximum absolute atomic E-state index is 13.0. The summed E-state index contributed by atoms with van der Waals surface area (Å²) in [6.45, 7) is 2.69. The molecule has 0 bridgehead atoms. The summed E-state index contributed by atoms with van der Waals surface area (Å²) in [4.78, 5) is 55.9. The molecule has 0 spiro atoms. The average molecular weight is 419 g/mol. The third kappa shape index (κ3) is 3.68. The summed E-state index contributed by atoms with van der Waals surface area (Å²) in [5.74, 6) is -2.60. The number of rotatable bonds is 4. The van der Waals surface area contributed by atoms with Crippen LogP contribution in [0.4, 0.5) is 0 Å². The maximum atomic E-state index is 13.0. The number of benzene rings is 2. The van der Waals surface area contributed by atoms with Gasteiger partial charge in [0.2, 0.25) is 0 Å². The van der Waals surface area contributed by atoms with E-state index in [0.29, 0.717) is 29.6 Å². The summed E-state index contributed by atoms with van der Waals surface area (Å²) in [7, 11) is 0. The van der Waals surface area contributed by atoms with E-state index in [2.05, 4.69) is 4.98 Å². The highest BCUT2D eigenvalue weighted by atomic mass is 16.4. The van der Waals surface area contributed by atoms with Crippen LogP contribution in [0.2, 0.25) is 0 Å². The van der Waals surface area contributed by atoms with Gasteiger partial charge in [-0.2, -0.15) is 0 Å². The fraction of sp³-hybridized carbons (Fsp3) is 0.217. The molecule has 2 amide bonds. The number of Topliss-reactive ketones (excluding diaryl/α,β-unsaturated/α-hetero) is 1. The van der Waals surface area contributed by atoms with Gasteiger partial charge in [0.1, 0.15) is 0 Å². The number of para-hydroxylation sites is 1. The zero-order valence-corrected chi connectivity index (χ0v) is 16.9. The third-order valence-corrected chi connectivity index (χ3v) is 5.58. The van der Waals surface area contributed by atoms with Crippen molar-refractivity contribution in [1.82, 2.24) is 14.8 Å². The van der Waals surface area contributed by atoms with Gasteiger partial charge in [0, 0.05) is 42.8 Å². The minimum Gasteiger partial charge on any atom is -0.478 e. The molecular formula is C23H21N3O5. The molecule has 8 nitrogen and oxygen atoms in total. The Hall–Kier alpha value is -3.94. The lowest BCUT2D eigenvalue weighted by Gasteiger charge is -2.39. The molecule has 1 aliphatic heterocycles. The standard InChI is InChI=1S/C23H21N3O5/c1-14-13-25(21(28)15-6-3-2-4-7-15)10-11-26(14)22(29)20(27)18-12-24-19-16(18)8-5-9-17(19)23(30)31/h2-9,12,14,24H,10-11,13H2,1H3,(H,30,31). The van der Waals surface area contributed by atoms with Crippen molar-refractivity contribution in [3.05, 3.63) is 71.4 Å². The third-order valence-electron chi connectivity index (χ3n) is 5.58. The quantitative estimate of drug-likeness (QED) is 0.498. The zero-order chi connectivity index (χ0) is 22.1. The summed E-state index contributed by atoms with van der Waals surface area (Å²) >= 11 is 0. The van der Waals surface area contributed by atoms with Crippen LogP contribution in [-0.2, 0) is 4.79 Å². The van der Waals surface area contributed by atoms with Crippen LogP contribution < -0.4 is 0 Å². The Bertz CT molecular complexity index is 1180. The molecule has 3 aromatic rings. The van der Waals surface area contributed by atoms with Crippen LogP contribution >= 0.6 is 0 Å². The van der Waals surface area contributed by atoms with Crippen molar-refractivity contribution in [3.63, 3.8) is 0 Å². The number of carbonyl (C=O) groups is 4. The van der Waals surface area contributed by atoms with E-state index in [4.69, 9.17) is 0 Å². The number of H-pyrrole nitrogens is 1. The van der Waals surface area contributed by atoms with E-state index < -0.39 is 17.7 Å². The first kappa shape index (κ1) is 20.3. The van der Waals surface area contributed by atoms with E-state index in [1.54, 1.807) is 42.2 Å². The molecule has 4 rings (SSSR count). The molecule has 8 heteroatoms. The summed E-state index contributed by atoms with van der Waals surface area (Å²) in [6.07, 6.45) is 1.37. The largest absolute Gasteiger partial charge is 0.478 e. The number of nitrogens with zero attached hydrogens (tertiary/aromatic N) is 2. The predicted octanol–water partition coefficient (Wildman–Crippen LogP) is 2.42. The summed E-state index contributed by atoms with van der Waals surface area (Å²) in [5.41, 5.74) is 1.06. The van der Waals surface area contributed by atoms with E-state index in [1.807, 2.05) is 6.07 Å². The number of carbonyl (C=O) groups excluding carboxylic acids is 3. The number of hydrogen-bond acceptors (Lipinski definition) is 4. The summed E-state index contributed by atoms with van der Waals surface area (Å²) in [6, 6.07) is 13.2. The highest BCUT2D eigenvalue weighted by Gasteiger charge is 2.34. The second-order valence-corrected chi connectivity index (χ2v) is 7.53. The molecule has 2 N–H and O–H groups in total. The topological polar surface area (TPSA) is 111 Å². The number of aromatic nitrogens is 1. The number of carboxylic acids is 1. The Morgan fingerprint density at radius 1 is 0.968 bits per heavy atom. The van der Waals surface area contributed by atoms with E-state index in [9.17, 15) is 24.3 Å². The first-order valence-corrected chi connectivity index (χ1v) is 9.91. The number of ketones is 1. The van der Waals surface area contributed by atoms with Crippen LogP contribution in [0.15, 0.2) is 54.7 Å². The average Bonchev–Trinajstić information content (AvgIpc) is 3.22. The Labute approximate surface area is 178 Å². The second kappa shape index (κ2) is 8.06. The van der Waals surface area contributed by atoms with E-state index >= 15 is 0 Å². The van der Waals surface area contributed by atoms with E-state index in [1.165, 1.54) is 23.2 Å². The summed E-state index contributed by atoms with van der Waals surface area (Å²) in [5, 5.41) is 9.71. The number of amides is 2. The molecular weight excluding hydrogens is 398 g/mol. The number of aromatic amines is 1. The van der Waals surface area contributed by atoms with Crippen LogP contribution in [0.5, 0.6) is 0 Å². The van der Waals surface area contributed by atoms with Crippen molar-refractivity contribution in [2.45, 2.75) is 13.0 Å². The normalized spacial score (nSPS) is 16.4. The van der Waals surface area contributed by atoms with Gasteiger partial charge in [0.25, 0.3) is 17.6 Å². The van der Waals surface area contributed by atoms with Gasteiger partial charge in [-0.05, 0) is 25.1 Å². The molecule has 0 radical (unpaired) electrons. The Kier molecular flexibility index (Phi) is 5.29. The van der Waals surface area contributed by atoms with Crippen molar-refractivity contribution in [3.8, 4) is 0 Å². The van der Waals surface area contributed by atoms with Gasteiger partial charge in [-0.25, -0.2) is 4.79 Å². The minimum absolute atomic E-state index is 0.0328. The number of hydrogen-bond donors (Lipinski definition) is 2. The molecule has 2 aromatic carbocycles. The van der Waals surface area contributed by atoms with Gasteiger partial charge in [-0.3, -0.25) is 14.4 Å². The molecule has 158 valence electrons. The van der Waals surface area contributed by atoms with Gasteiger partial charge >= 0.3 is 5.97 Å². The van der Waals surface area contributed by atoms with Crippen LogP contribution in [0.1, 0.15) is 38.0 Å². The number of nitrogens with one attached hydrogen (secondary N) is 1. The lowest BCUT2D eigenvalue weighted by Crippen LogP contribution is -2.56. The summed E-state index contributed by atoms with van der Waals surface area (Å²) < 4.78 is 0. The molecule has 1 atom stereocenters. The smallest absolute Gasteiger partial charge is 0.337 e. The molecule has 31 heavy (non-hydrogen) atoms. The number of piperazine rings is 1. The Morgan fingerprint density at radius 3 is 2.39 bits per heavy atom. The fourth-order valence-corrected chi connectivity index (χ4v) is 3.97. The number of carboxylic acid groups (broad SMARTS) is 1. The lowest BCUT2D eigenvalue weighted by molar-refractivity contribution is -0.130. The van der Waals surface area contributed by atoms with Gasteiger partial charge in [0.05, 0.1) is 16.6 Å². The highest BCUT2D eigenvalue weighted by molar-refractivity contribution is 6.45. The van der Waals surface area contributed by atoms with Gasteiger partial charge < -0.3 is 19.9 Å². The SMILES string of the molecule is CC1CN(C(=O)c2ccccc2)CCN1C(=O)C(=O)c1c[nH]c2c(C(=O)O)cccc12. The van der Waals surface area contributed by atoms with Crippen LogP contribution in [0.25, 0.3) is 10.9 Å². The van der Waals surface area contributed by atoms with Crippen LogP contribution in [0, 0.1) is 0 Å². The molecule has 2 heterocycles. The Balaban J connectivity index is 1.51. The predicted molar refractivity (Wildman–Crippen MR) is 113 cm³/mol. The maximum Gasteiger partial charge on any atom is 0.337 e. The zero-order valence-electron chi connectivity index (χ0n) is 16.9. The molecule has 1 unspecified atom stereocenters. The molecule has 0 aliphatic carbocycles. The van der Waals surface area contributed by atoms with Crippen molar-refractivity contribution in [1.29, 1.82) is 0 Å². The number of aromatic carboxylic acids is 1. The van der Waals surface area contributed by atoms with Gasteiger partial charge in [0.15, 0.2) is 0 Å². The molecule has 0 saturated carbocycles. The van der Waals surface area contributed by atoms with Crippen molar-refractivity contribution < 1.29 is 24.3 Å². The molecule has 1 aliphatic rings. The Morgan fingerprint density at radius 2 is 1.71 bits per heavy atom. The highest BCUT2D eigenvalue weighted by Crippen LogP contribution is 2.24. The first-order valence-electron chi connectivity index (χ1n) is 9.91. The monoisotopic (exact) mass is 419 g/mol. The van der Waals surface area contributed by atoms with Gasteiger partial charge in [-0.15, -0.1) is 0 Å². The van der Waals surface area contributed by atoms with Crippen molar-refractivity contribution in [2.75, 3.05) is 19.6 Å². The van der Waals surface area contributed by atoms with E-state index in [0.717, 1.165) is 0 Å².